The van der Waals surface area contributed by atoms with Crippen LogP contribution in [0.2, 0.25) is 0 Å². The van der Waals surface area contributed by atoms with Gasteiger partial charge in [0.15, 0.2) is 0 Å². The molecule has 0 atom stereocenters. The van der Waals surface area contributed by atoms with E-state index >= 15 is 0 Å². The van der Waals surface area contributed by atoms with Gasteiger partial charge < -0.3 is 10.0 Å². The summed E-state index contributed by atoms with van der Waals surface area (Å²) < 4.78 is 13.3. The molecule has 2 rings (SSSR count). The first-order chi connectivity index (χ1) is 6.33. The summed E-state index contributed by atoms with van der Waals surface area (Å²) in [5.41, 5.74) is 1.73. The number of para-hydroxylation sites is 1. The maximum absolute atomic E-state index is 13.3. The molecule has 2 nitrogen and oxygen atoms in total. The summed E-state index contributed by atoms with van der Waals surface area (Å²) in [6.45, 7) is 1.42. The third kappa shape index (κ3) is 1.40. The number of benzene rings is 1. The first-order valence-electron chi connectivity index (χ1n) is 4.46. The van der Waals surface area contributed by atoms with Gasteiger partial charge in [-0.3, -0.25) is 0 Å². The Bertz CT molecular complexity index is 312. The molecule has 1 N–H and O–H groups in total. The average Bonchev–Trinajstić information content (AvgIpc) is 2.51. The van der Waals surface area contributed by atoms with Gasteiger partial charge in [-0.15, -0.1) is 0 Å². The molecule has 13 heavy (non-hydrogen) atoms. The van der Waals surface area contributed by atoms with Crippen LogP contribution < -0.4 is 4.90 Å². The average molecular weight is 181 g/mol. The van der Waals surface area contributed by atoms with Gasteiger partial charge in [0.05, 0.1) is 12.3 Å². The number of anilines is 1. The summed E-state index contributed by atoms with van der Waals surface area (Å²) in [7, 11) is 0. The molecular formula is C10H12FNO. The lowest BCUT2D eigenvalue weighted by Gasteiger charge is -2.17. The van der Waals surface area contributed by atoms with Gasteiger partial charge in [-0.25, -0.2) is 4.39 Å². The van der Waals surface area contributed by atoms with Gasteiger partial charge in [0, 0.05) is 13.1 Å². The number of fused-ring (bicyclic) bond motifs is 1. The normalized spacial score (nSPS) is 14.8. The van der Waals surface area contributed by atoms with Crippen LogP contribution in [0.3, 0.4) is 0 Å². The smallest absolute Gasteiger partial charge is 0.146 e. The molecule has 1 aliphatic rings. The largest absolute Gasteiger partial charge is 0.395 e. The molecule has 0 saturated carbocycles. The van der Waals surface area contributed by atoms with Gasteiger partial charge in [-0.05, 0) is 18.1 Å². The van der Waals surface area contributed by atoms with E-state index in [0.717, 1.165) is 18.5 Å². The van der Waals surface area contributed by atoms with E-state index in [1.807, 2.05) is 11.0 Å². The third-order valence-electron chi connectivity index (χ3n) is 2.41. The molecule has 1 heterocycles. The van der Waals surface area contributed by atoms with Crippen molar-refractivity contribution in [1.82, 2.24) is 0 Å². The third-order valence-corrected chi connectivity index (χ3v) is 2.41. The zero-order valence-electron chi connectivity index (χ0n) is 7.33. The predicted molar refractivity (Wildman–Crippen MR) is 49.4 cm³/mol. The van der Waals surface area contributed by atoms with Crippen LogP contribution >= 0.6 is 0 Å². The minimum atomic E-state index is -0.177. The fourth-order valence-corrected chi connectivity index (χ4v) is 1.83. The van der Waals surface area contributed by atoms with Crippen LogP contribution in [0, 0.1) is 5.82 Å². The van der Waals surface area contributed by atoms with Crippen molar-refractivity contribution in [2.45, 2.75) is 6.42 Å². The van der Waals surface area contributed by atoms with E-state index in [2.05, 4.69) is 0 Å². The number of rotatable bonds is 2. The number of β-amino-alcohol motifs (C(OH)–C–C–N with tert-alkyl or cyclic N) is 1. The first-order valence-corrected chi connectivity index (χ1v) is 4.46. The summed E-state index contributed by atoms with van der Waals surface area (Å²) in [6, 6.07) is 5.14. The highest BCUT2D eigenvalue weighted by molar-refractivity contribution is 5.58. The molecular weight excluding hydrogens is 169 g/mol. The molecule has 0 aliphatic carbocycles. The van der Waals surface area contributed by atoms with E-state index in [0.29, 0.717) is 12.2 Å². The number of hydrogen-bond donors (Lipinski definition) is 1. The molecule has 3 heteroatoms. The Morgan fingerprint density at radius 2 is 2.31 bits per heavy atom. The number of hydrogen-bond acceptors (Lipinski definition) is 2. The van der Waals surface area contributed by atoms with Gasteiger partial charge in [-0.2, -0.15) is 0 Å². The quantitative estimate of drug-likeness (QED) is 0.740. The second-order valence-corrected chi connectivity index (χ2v) is 3.21. The van der Waals surface area contributed by atoms with Crippen molar-refractivity contribution in [3.63, 3.8) is 0 Å². The lowest BCUT2D eigenvalue weighted by Crippen LogP contribution is -2.24. The summed E-state index contributed by atoms with van der Waals surface area (Å²) in [4.78, 5) is 1.89. The van der Waals surface area contributed by atoms with Gasteiger partial charge in [0.2, 0.25) is 0 Å². The van der Waals surface area contributed by atoms with Crippen molar-refractivity contribution in [3.05, 3.63) is 29.6 Å². The van der Waals surface area contributed by atoms with Crippen LogP contribution in [-0.4, -0.2) is 24.8 Å². The first kappa shape index (κ1) is 8.51. The molecule has 0 bridgehead atoms. The number of halogens is 1. The van der Waals surface area contributed by atoms with Crippen LogP contribution in [0.25, 0.3) is 0 Å². The van der Waals surface area contributed by atoms with E-state index in [1.54, 1.807) is 6.07 Å². The van der Waals surface area contributed by atoms with Crippen molar-refractivity contribution in [2.24, 2.45) is 0 Å². The van der Waals surface area contributed by atoms with Gasteiger partial charge in [-0.1, -0.05) is 12.1 Å². The van der Waals surface area contributed by atoms with E-state index in [-0.39, 0.29) is 12.4 Å². The maximum Gasteiger partial charge on any atom is 0.146 e. The monoisotopic (exact) mass is 181 g/mol. The molecule has 0 spiro atoms. The van der Waals surface area contributed by atoms with Crippen molar-refractivity contribution in [1.29, 1.82) is 0 Å². The summed E-state index contributed by atoms with van der Waals surface area (Å²) in [6.07, 6.45) is 0.882. The minimum Gasteiger partial charge on any atom is -0.395 e. The van der Waals surface area contributed by atoms with Crippen molar-refractivity contribution < 1.29 is 9.50 Å². The van der Waals surface area contributed by atoms with Crippen LogP contribution in [0.1, 0.15) is 5.56 Å². The SMILES string of the molecule is OCCN1CCc2cccc(F)c21. The zero-order chi connectivity index (χ0) is 9.26. The van der Waals surface area contributed by atoms with Crippen LogP contribution in [0.15, 0.2) is 18.2 Å². The zero-order valence-corrected chi connectivity index (χ0v) is 7.33. The van der Waals surface area contributed by atoms with E-state index in [1.165, 1.54) is 6.07 Å². The Labute approximate surface area is 76.6 Å². The lowest BCUT2D eigenvalue weighted by atomic mass is 10.1. The second kappa shape index (κ2) is 3.34. The van der Waals surface area contributed by atoms with Gasteiger partial charge in [0.1, 0.15) is 5.82 Å². The van der Waals surface area contributed by atoms with Crippen LogP contribution in [0.4, 0.5) is 10.1 Å². The Morgan fingerprint density at radius 1 is 1.46 bits per heavy atom. The number of nitrogens with zero attached hydrogens (tertiary/aromatic N) is 1. The topological polar surface area (TPSA) is 23.5 Å². The molecule has 1 aromatic rings. The Kier molecular flexibility index (Phi) is 2.19. The molecule has 0 aromatic heterocycles. The number of aliphatic hydroxyl groups excluding tert-OH is 1. The molecule has 0 saturated heterocycles. The standard InChI is InChI=1S/C10H12FNO/c11-9-3-1-2-8-4-5-12(6-7-13)10(8)9/h1-3,13H,4-7H2. The van der Waals surface area contributed by atoms with Crippen molar-refractivity contribution in [3.8, 4) is 0 Å². The minimum absolute atomic E-state index is 0.0772. The van der Waals surface area contributed by atoms with Crippen LogP contribution in [0.5, 0.6) is 0 Å². The second-order valence-electron chi connectivity index (χ2n) is 3.21. The summed E-state index contributed by atoms with van der Waals surface area (Å²) in [5, 5.41) is 8.78. The van der Waals surface area contributed by atoms with E-state index in [9.17, 15) is 4.39 Å². The Hall–Kier alpha value is -1.09. The fraction of sp³-hybridized carbons (Fsp3) is 0.400. The highest BCUT2D eigenvalue weighted by Gasteiger charge is 2.21. The summed E-state index contributed by atoms with van der Waals surface area (Å²) in [5.74, 6) is -0.177. The number of aliphatic hydroxyl groups is 1. The fourth-order valence-electron chi connectivity index (χ4n) is 1.83. The molecule has 70 valence electrons. The lowest BCUT2D eigenvalue weighted by molar-refractivity contribution is 0.302. The van der Waals surface area contributed by atoms with Crippen molar-refractivity contribution in [2.75, 3.05) is 24.6 Å². The highest BCUT2D eigenvalue weighted by atomic mass is 19.1. The Morgan fingerprint density at radius 3 is 3.08 bits per heavy atom. The van der Waals surface area contributed by atoms with E-state index < -0.39 is 0 Å². The molecule has 0 unspecified atom stereocenters. The molecule has 0 radical (unpaired) electrons. The molecule has 0 fully saturated rings. The molecule has 1 aliphatic heterocycles. The van der Waals surface area contributed by atoms with Gasteiger partial charge >= 0.3 is 0 Å². The predicted octanol–water partition coefficient (Wildman–Crippen LogP) is 1.18. The Balaban J connectivity index is 2.34. The molecule has 0 amide bonds. The molecule has 1 aromatic carbocycles. The van der Waals surface area contributed by atoms with E-state index in [4.69, 9.17) is 5.11 Å². The van der Waals surface area contributed by atoms with Crippen LogP contribution in [-0.2, 0) is 6.42 Å². The highest BCUT2D eigenvalue weighted by Crippen LogP contribution is 2.29. The van der Waals surface area contributed by atoms with Crippen molar-refractivity contribution >= 4 is 5.69 Å². The summed E-state index contributed by atoms with van der Waals surface area (Å²) >= 11 is 0. The maximum atomic E-state index is 13.3. The van der Waals surface area contributed by atoms with Gasteiger partial charge in [0.25, 0.3) is 0 Å².